The van der Waals surface area contributed by atoms with Crippen molar-refractivity contribution < 1.29 is 4.79 Å². The van der Waals surface area contributed by atoms with Gasteiger partial charge in [-0.3, -0.25) is 9.20 Å². The number of amides is 1. The van der Waals surface area contributed by atoms with Crippen molar-refractivity contribution in [1.29, 1.82) is 0 Å². The van der Waals surface area contributed by atoms with Gasteiger partial charge in [-0.15, -0.1) is 0 Å². The van der Waals surface area contributed by atoms with Gasteiger partial charge in [0.2, 0.25) is 5.91 Å². The van der Waals surface area contributed by atoms with Crippen molar-refractivity contribution >= 4 is 22.8 Å². The van der Waals surface area contributed by atoms with E-state index in [4.69, 9.17) is 10.7 Å². The van der Waals surface area contributed by atoms with Gasteiger partial charge in [0.25, 0.3) is 0 Å². The molecular formula is C37H62N6O. The number of aromatic nitrogens is 3. The summed E-state index contributed by atoms with van der Waals surface area (Å²) in [5.74, 6) is 2.59. The lowest BCUT2D eigenvalue weighted by Crippen LogP contribution is -2.35. The van der Waals surface area contributed by atoms with E-state index in [0.29, 0.717) is 36.2 Å². The van der Waals surface area contributed by atoms with Crippen molar-refractivity contribution in [3.63, 3.8) is 0 Å². The summed E-state index contributed by atoms with van der Waals surface area (Å²) in [6.07, 6.45) is 29.5. The number of nitrogens with two attached hydrogens (primary N) is 1. The third kappa shape index (κ3) is 10.3. The molecule has 2 aliphatic rings. The summed E-state index contributed by atoms with van der Waals surface area (Å²) >= 11 is 0. The van der Waals surface area contributed by atoms with Gasteiger partial charge >= 0.3 is 0 Å². The zero-order valence-corrected chi connectivity index (χ0v) is 28.1. The fourth-order valence-corrected chi connectivity index (χ4v) is 7.79. The number of nitrogens with one attached hydrogen (secondary N) is 2. The van der Waals surface area contributed by atoms with Crippen LogP contribution in [0.25, 0.3) is 11.1 Å². The highest BCUT2D eigenvalue weighted by atomic mass is 16.1. The van der Waals surface area contributed by atoms with Crippen LogP contribution in [0, 0.1) is 5.92 Å². The van der Waals surface area contributed by atoms with E-state index in [2.05, 4.69) is 40.6 Å². The number of rotatable bonds is 11. The van der Waals surface area contributed by atoms with Gasteiger partial charge in [-0.2, -0.15) is 0 Å². The van der Waals surface area contributed by atoms with Gasteiger partial charge in [0.15, 0.2) is 0 Å². The van der Waals surface area contributed by atoms with Crippen LogP contribution in [0.5, 0.6) is 0 Å². The predicted octanol–water partition coefficient (Wildman–Crippen LogP) is 8.73. The Morgan fingerprint density at radius 3 is 2.30 bits per heavy atom. The van der Waals surface area contributed by atoms with E-state index < -0.39 is 0 Å². The number of carbonyl (C=O) groups is 1. The first-order valence-electron chi connectivity index (χ1n) is 18.3. The molecule has 2 heterocycles. The molecule has 7 nitrogen and oxygen atoms in total. The Morgan fingerprint density at radius 2 is 1.59 bits per heavy atom. The zero-order valence-electron chi connectivity index (χ0n) is 28.1. The lowest BCUT2D eigenvalue weighted by Gasteiger charge is -2.21. The van der Waals surface area contributed by atoms with Gasteiger partial charge in [0.1, 0.15) is 17.2 Å². The van der Waals surface area contributed by atoms with Gasteiger partial charge < -0.3 is 16.4 Å². The summed E-state index contributed by atoms with van der Waals surface area (Å²) in [4.78, 5) is 22.9. The maximum absolute atomic E-state index is 13.2. The highest BCUT2D eigenvalue weighted by Crippen LogP contribution is 2.37. The summed E-state index contributed by atoms with van der Waals surface area (Å²) in [5.41, 5.74) is 9.62. The van der Waals surface area contributed by atoms with Crippen LogP contribution in [-0.2, 0) is 4.79 Å². The molecule has 0 radical (unpaired) electrons. The van der Waals surface area contributed by atoms with E-state index in [9.17, 15) is 4.79 Å². The molecule has 4 N–H and O–H groups in total. The molecule has 7 heteroatoms. The average Bonchev–Trinajstić information content (AvgIpc) is 3.43. The lowest BCUT2D eigenvalue weighted by molar-refractivity contribution is -0.123. The SMILES string of the molecule is C=C(CCC(CCC)NC)c1nc(C2CCCC[C@@H](CC(=O)NC3CCCCCCCCCC3)CCC2)c2c(N)nccn12. The summed E-state index contributed by atoms with van der Waals surface area (Å²) in [7, 11) is 2.05. The maximum atomic E-state index is 13.2. The highest BCUT2D eigenvalue weighted by Gasteiger charge is 2.26. The number of fused-ring (bicyclic) bond motifs is 1. The van der Waals surface area contributed by atoms with Crippen LogP contribution in [0.15, 0.2) is 19.0 Å². The monoisotopic (exact) mass is 606 g/mol. The van der Waals surface area contributed by atoms with E-state index in [0.717, 1.165) is 86.8 Å². The van der Waals surface area contributed by atoms with Gasteiger partial charge in [-0.25, -0.2) is 9.97 Å². The van der Waals surface area contributed by atoms with Gasteiger partial charge in [-0.05, 0) is 76.3 Å². The van der Waals surface area contributed by atoms with E-state index >= 15 is 0 Å². The molecule has 4 rings (SSSR count). The van der Waals surface area contributed by atoms with Crippen LogP contribution in [0.3, 0.4) is 0 Å². The highest BCUT2D eigenvalue weighted by molar-refractivity contribution is 5.76. The second-order valence-corrected chi connectivity index (χ2v) is 13.9. The molecular weight excluding hydrogens is 544 g/mol. The lowest BCUT2D eigenvalue weighted by atomic mass is 9.91. The van der Waals surface area contributed by atoms with E-state index in [1.807, 2.05) is 6.20 Å². The minimum atomic E-state index is 0.284. The summed E-state index contributed by atoms with van der Waals surface area (Å²) < 4.78 is 2.13. The smallest absolute Gasteiger partial charge is 0.220 e. The van der Waals surface area contributed by atoms with E-state index in [1.54, 1.807) is 6.20 Å². The number of hydrogen-bond donors (Lipinski definition) is 3. The molecule has 2 aliphatic carbocycles. The van der Waals surface area contributed by atoms with Crippen molar-refractivity contribution in [3.05, 3.63) is 30.5 Å². The largest absolute Gasteiger partial charge is 0.382 e. The minimum Gasteiger partial charge on any atom is -0.382 e. The number of nitrogens with zero attached hydrogens (tertiary/aromatic N) is 3. The first-order valence-corrected chi connectivity index (χ1v) is 18.3. The van der Waals surface area contributed by atoms with Crippen LogP contribution in [0.1, 0.15) is 166 Å². The molecule has 1 amide bonds. The molecule has 0 aliphatic heterocycles. The quantitative estimate of drug-likeness (QED) is 0.238. The van der Waals surface area contributed by atoms with Crippen LogP contribution in [0.4, 0.5) is 5.82 Å². The van der Waals surface area contributed by atoms with Crippen molar-refractivity contribution in [2.75, 3.05) is 12.8 Å². The molecule has 2 fully saturated rings. The molecule has 2 aromatic heterocycles. The van der Waals surface area contributed by atoms with Crippen LogP contribution in [-0.4, -0.2) is 39.4 Å². The summed E-state index contributed by atoms with van der Waals surface area (Å²) in [5, 5.41) is 6.93. The Balaban J connectivity index is 1.37. The molecule has 2 aromatic rings. The fraction of sp³-hybridized carbons (Fsp3) is 0.757. The minimum absolute atomic E-state index is 0.284. The second-order valence-electron chi connectivity index (χ2n) is 13.9. The summed E-state index contributed by atoms with van der Waals surface area (Å²) in [6.45, 7) is 6.71. The summed E-state index contributed by atoms with van der Waals surface area (Å²) in [6, 6.07) is 0.864. The number of imidazole rings is 1. The first-order chi connectivity index (χ1) is 21.5. The molecule has 2 unspecified atom stereocenters. The zero-order chi connectivity index (χ0) is 31.1. The second kappa shape index (κ2) is 18.5. The number of allylic oxidation sites excluding steroid dienone is 1. The van der Waals surface area contributed by atoms with Gasteiger partial charge in [0.05, 0.1) is 5.69 Å². The van der Waals surface area contributed by atoms with Gasteiger partial charge in [-0.1, -0.05) is 90.6 Å². The molecule has 246 valence electrons. The fourth-order valence-electron chi connectivity index (χ4n) is 7.79. The molecule has 0 bridgehead atoms. The van der Waals surface area contributed by atoms with Crippen molar-refractivity contribution in [1.82, 2.24) is 25.0 Å². The topological polar surface area (TPSA) is 97.3 Å². The predicted molar refractivity (Wildman–Crippen MR) is 185 cm³/mol. The standard InChI is InChI=1S/C37H62N6O/c1-4-16-31(39-3)24-23-28(2)37-42-34(35-36(38)40-25-26-43(35)37)30-19-14-13-17-29(18-15-20-30)27-33(44)41-32-21-11-9-7-5-6-8-10-12-22-32/h25-26,29-32,39H,2,4-24,27H2,1,3H3,(H2,38,40)(H,41,44)/t29-,30?,31?/m1/s1. The number of anilines is 1. The Bertz CT molecular complexity index is 1150. The van der Waals surface area contributed by atoms with E-state index in [1.165, 1.54) is 70.6 Å². The molecule has 44 heavy (non-hydrogen) atoms. The van der Waals surface area contributed by atoms with Crippen molar-refractivity contribution in [3.8, 4) is 0 Å². The number of carbonyl (C=O) groups excluding carboxylic acids is 1. The molecule has 0 aromatic carbocycles. The number of nitrogen functional groups attached to an aromatic ring is 1. The Hall–Kier alpha value is -2.41. The Labute approximate surface area is 267 Å². The normalized spacial score (nSPS) is 22.3. The third-order valence-corrected chi connectivity index (χ3v) is 10.4. The Morgan fingerprint density at radius 1 is 0.955 bits per heavy atom. The first kappa shape index (κ1) is 34.5. The van der Waals surface area contributed by atoms with Crippen molar-refractivity contribution in [2.24, 2.45) is 5.92 Å². The average molecular weight is 607 g/mol. The maximum Gasteiger partial charge on any atom is 0.220 e. The van der Waals surface area contributed by atoms with E-state index in [-0.39, 0.29) is 5.91 Å². The molecule has 2 saturated carbocycles. The third-order valence-electron chi connectivity index (χ3n) is 10.4. The molecule has 3 atom stereocenters. The Kier molecular flexibility index (Phi) is 14.5. The number of hydrogen-bond acceptors (Lipinski definition) is 5. The molecule has 0 saturated heterocycles. The van der Waals surface area contributed by atoms with Crippen LogP contribution >= 0.6 is 0 Å². The van der Waals surface area contributed by atoms with Crippen LogP contribution < -0.4 is 16.4 Å². The van der Waals surface area contributed by atoms with Crippen LogP contribution in [0.2, 0.25) is 0 Å². The van der Waals surface area contributed by atoms with Crippen molar-refractivity contribution in [2.45, 2.75) is 166 Å². The van der Waals surface area contributed by atoms with Gasteiger partial charge in [0, 0.05) is 36.8 Å². The molecule has 0 spiro atoms.